The molecule has 2 saturated carbocycles. The molecule has 0 unspecified atom stereocenters. The molecule has 2 nitrogen and oxygen atoms in total. The maximum atomic E-state index is 12.5. The molecule has 0 bridgehead atoms. The number of hydrogen-bond acceptors (Lipinski definition) is 2. The molecule has 0 heterocycles. The Morgan fingerprint density at radius 1 is 1.35 bits per heavy atom. The maximum absolute atomic E-state index is 12.5. The highest BCUT2D eigenvalue weighted by molar-refractivity contribution is 6.00. The third-order valence-electron chi connectivity index (χ3n) is 6.05. The summed E-state index contributed by atoms with van der Waals surface area (Å²) in [6.45, 7) is 6.56. The van der Waals surface area contributed by atoms with Gasteiger partial charge in [0.2, 0.25) is 0 Å². The molecule has 0 radical (unpaired) electrons. The van der Waals surface area contributed by atoms with Crippen LogP contribution in [0.3, 0.4) is 0 Å². The van der Waals surface area contributed by atoms with Gasteiger partial charge in [-0.15, -0.1) is 0 Å². The third-order valence-corrected chi connectivity index (χ3v) is 6.05. The van der Waals surface area contributed by atoms with Crippen LogP contribution in [-0.2, 0) is 9.59 Å². The minimum absolute atomic E-state index is 0.0137. The summed E-state index contributed by atoms with van der Waals surface area (Å²) in [5, 5.41) is 0. The number of rotatable bonds is 1. The van der Waals surface area contributed by atoms with Crippen molar-refractivity contribution >= 4 is 12.1 Å². The van der Waals surface area contributed by atoms with Gasteiger partial charge in [0.1, 0.15) is 12.1 Å². The van der Waals surface area contributed by atoms with Crippen LogP contribution in [-0.4, -0.2) is 12.1 Å². The molecule has 0 aliphatic heterocycles. The van der Waals surface area contributed by atoms with Crippen LogP contribution in [0.5, 0.6) is 0 Å². The minimum Gasteiger partial charge on any atom is -0.299 e. The Hall–Kier alpha value is -0.920. The van der Waals surface area contributed by atoms with Gasteiger partial charge in [0.25, 0.3) is 0 Å². The molecule has 0 aromatic rings. The van der Waals surface area contributed by atoms with Crippen LogP contribution < -0.4 is 0 Å². The van der Waals surface area contributed by atoms with Crippen LogP contribution in [0.1, 0.15) is 46.5 Å². The van der Waals surface area contributed by atoms with E-state index in [4.69, 9.17) is 0 Å². The summed E-state index contributed by atoms with van der Waals surface area (Å²) in [6, 6.07) is 0. The summed E-state index contributed by atoms with van der Waals surface area (Å²) in [7, 11) is 0. The van der Waals surface area contributed by atoms with Gasteiger partial charge in [-0.05, 0) is 36.0 Å². The first-order valence-electron chi connectivity index (χ1n) is 6.64. The van der Waals surface area contributed by atoms with Crippen molar-refractivity contribution in [1.82, 2.24) is 0 Å². The summed E-state index contributed by atoms with van der Waals surface area (Å²) < 4.78 is 0. The zero-order valence-electron chi connectivity index (χ0n) is 10.9. The van der Waals surface area contributed by atoms with Gasteiger partial charge >= 0.3 is 0 Å². The number of aldehydes is 1. The van der Waals surface area contributed by atoms with E-state index in [9.17, 15) is 9.59 Å². The van der Waals surface area contributed by atoms with Gasteiger partial charge in [-0.2, -0.15) is 0 Å². The summed E-state index contributed by atoms with van der Waals surface area (Å²) in [4.78, 5) is 24.0. The molecule has 0 aromatic heterocycles. The first kappa shape index (κ1) is 11.2. The zero-order valence-corrected chi connectivity index (χ0v) is 10.9. The van der Waals surface area contributed by atoms with E-state index in [1.54, 1.807) is 0 Å². The van der Waals surface area contributed by atoms with E-state index in [1.165, 1.54) is 0 Å². The van der Waals surface area contributed by atoms with Crippen LogP contribution in [0.4, 0.5) is 0 Å². The summed E-state index contributed by atoms with van der Waals surface area (Å²) in [5.74, 6) is 0.655. The molecule has 17 heavy (non-hydrogen) atoms. The first-order valence-corrected chi connectivity index (χ1v) is 6.64. The topological polar surface area (TPSA) is 34.1 Å². The Bertz CT molecular complexity index is 446. The second-order valence-corrected chi connectivity index (χ2v) is 6.69. The Balaban J connectivity index is 2.32. The number of hydrogen-bond donors (Lipinski definition) is 0. The summed E-state index contributed by atoms with van der Waals surface area (Å²) in [5.41, 5.74) is 0.375. The van der Waals surface area contributed by atoms with E-state index < -0.39 is 5.41 Å². The van der Waals surface area contributed by atoms with Crippen LogP contribution >= 0.6 is 0 Å². The Labute approximate surface area is 102 Å². The van der Waals surface area contributed by atoms with Crippen molar-refractivity contribution in [3.05, 3.63) is 11.6 Å². The molecule has 3 aliphatic rings. The van der Waals surface area contributed by atoms with Crippen molar-refractivity contribution in [2.45, 2.75) is 46.5 Å². The summed E-state index contributed by atoms with van der Waals surface area (Å²) in [6.07, 6.45) is 6.86. The second kappa shape index (κ2) is 2.90. The molecule has 0 amide bonds. The van der Waals surface area contributed by atoms with E-state index in [0.717, 1.165) is 31.1 Å². The van der Waals surface area contributed by atoms with E-state index in [-0.39, 0.29) is 10.8 Å². The van der Waals surface area contributed by atoms with E-state index in [2.05, 4.69) is 26.8 Å². The van der Waals surface area contributed by atoms with Crippen molar-refractivity contribution in [1.29, 1.82) is 0 Å². The predicted octanol–water partition coefficient (Wildman–Crippen LogP) is 2.92. The molecule has 3 atom stereocenters. The van der Waals surface area contributed by atoms with Crippen molar-refractivity contribution in [3.63, 3.8) is 0 Å². The fourth-order valence-electron chi connectivity index (χ4n) is 5.38. The Morgan fingerprint density at radius 3 is 2.71 bits per heavy atom. The SMILES string of the molecule is C[C@@H]1CC[C@]23CCC(=O)[C@]12C(C=O)=CC3(C)C. The predicted molar refractivity (Wildman–Crippen MR) is 65.4 cm³/mol. The van der Waals surface area contributed by atoms with Crippen LogP contribution in [0, 0.1) is 22.2 Å². The van der Waals surface area contributed by atoms with E-state index >= 15 is 0 Å². The highest BCUT2D eigenvalue weighted by Gasteiger charge is 2.74. The second-order valence-electron chi connectivity index (χ2n) is 6.69. The molecular weight excluding hydrogens is 212 g/mol. The average Bonchev–Trinajstić information content (AvgIpc) is 2.80. The molecule has 3 aliphatic carbocycles. The molecule has 2 fully saturated rings. The number of allylic oxidation sites excluding steroid dienone is 2. The highest BCUT2D eigenvalue weighted by atomic mass is 16.1. The molecule has 92 valence electrons. The van der Waals surface area contributed by atoms with Crippen molar-refractivity contribution in [3.8, 4) is 0 Å². The third kappa shape index (κ3) is 0.882. The lowest BCUT2D eigenvalue weighted by Crippen LogP contribution is -2.45. The smallest absolute Gasteiger partial charge is 0.146 e. The maximum Gasteiger partial charge on any atom is 0.146 e. The van der Waals surface area contributed by atoms with Crippen LogP contribution in [0.15, 0.2) is 11.6 Å². The summed E-state index contributed by atoms with van der Waals surface area (Å²) >= 11 is 0. The minimum atomic E-state index is -0.432. The quantitative estimate of drug-likeness (QED) is 0.651. The van der Waals surface area contributed by atoms with Crippen molar-refractivity contribution in [2.75, 3.05) is 0 Å². The molecular formula is C15H20O2. The van der Waals surface area contributed by atoms with Crippen molar-refractivity contribution in [2.24, 2.45) is 22.2 Å². The number of carbonyl (C=O) groups excluding carboxylic acids is 2. The molecule has 0 aromatic carbocycles. The lowest BCUT2D eigenvalue weighted by atomic mass is 9.57. The van der Waals surface area contributed by atoms with Gasteiger partial charge in [0.15, 0.2) is 0 Å². The molecule has 0 saturated heterocycles. The van der Waals surface area contributed by atoms with Crippen molar-refractivity contribution < 1.29 is 9.59 Å². The fraction of sp³-hybridized carbons (Fsp3) is 0.733. The Morgan fingerprint density at radius 2 is 2.06 bits per heavy atom. The van der Waals surface area contributed by atoms with Crippen LogP contribution in [0.2, 0.25) is 0 Å². The van der Waals surface area contributed by atoms with Gasteiger partial charge in [0, 0.05) is 12.0 Å². The molecule has 0 spiro atoms. The van der Waals surface area contributed by atoms with E-state index in [0.29, 0.717) is 18.1 Å². The molecule has 3 rings (SSSR count). The first-order chi connectivity index (χ1) is 7.92. The monoisotopic (exact) mass is 232 g/mol. The normalized spacial score (nSPS) is 46.6. The lowest BCUT2D eigenvalue weighted by molar-refractivity contribution is -0.130. The average molecular weight is 232 g/mol. The molecule has 0 N–H and O–H groups in total. The van der Waals surface area contributed by atoms with Gasteiger partial charge in [0.05, 0.1) is 5.41 Å². The van der Waals surface area contributed by atoms with Gasteiger partial charge in [-0.1, -0.05) is 26.8 Å². The highest BCUT2D eigenvalue weighted by Crippen LogP contribution is 2.76. The zero-order chi connectivity index (χ0) is 12.5. The fourth-order valence-corrected chi connectivity index (χ4v) is 5.38. The number of Topliss-reactive ketones (excluding diaryl/α,β-unsaturated/α-hetero) is 1. The molecule has 2 heteroatoms. The van der Waals surface area contributed by atoms with E-state index in [1.807, 2.05) is 0 Å². The van der Waals surface area contributed by atoms with Gasteiger partial charge in [-0.25, -0.2) is 0 Å². The standard InChI is InChI=1S/C15H20O2/c1-10-4-6-14-7-5-12(17)15(10,14)11(9-16)8-13(14,2)3/h8-10H,4-7H2,1-3H3/t10-,14-,15-/m1/s1. The number of carbonyl (C=O) groups is 2. The van der Waals surface area contributed by atoms with Crippen LogP contribution in [0.25, 0.3) is 0 Å². The number of ketones is 1. The Kier molecular flexibility index (Phi) is 1.91. The lowest BCUT2D eigenvalue weighted by Gasteiger charge is -2.44. The van der Waals surface area contributed by atoms with Gasteiger partial charge in [-0.3, -0.25) is 9.59 Å². The van der Waals surface area contributed by atoms with Gasteiger partial charge < -0.3 is 0 Å². The largest absolute Gasteiger partial charge is 0.299 e.